The average Bonchev–Trinajstić information content (AvgIpc) is 2.74. The maximum Gasteiger partial charge on any atom is 0.0376 e. The van der Waals surface area contributed by atoms with Crippen molar-refractivity contribution in [1.82, 2.24) is 4.90 Å². The van der Waals surface area contributed by atoms with Gasteiger partial charge in [0.15, 0.2) is 0 Å². The summed E-state index contributed by atoms with van der Waals surface area (Å²) in [5.41, 5.74) is 4.33. The topological polar surface area (TPSA) is 15.3 Å². The lowest BCUT2D eigenvalue weighted by Crippen LogP contribution is -2.24. The first-order valence-corrected chi connectivity index (χ1v) is 7.39. The molecule has 2 aliphatic rings. The van der Waals surface area contributed by atoms with Gasteiger partial charge < -0.3 is 5.32 Å². The Bertz CT molecular complexity index is 414. The van der Waals surface area contributed by atoms with E-state index in [0.29, 0.717) is 0 Å². The first-order valence-electron chi connectivity index (χ1n) is 7.39. The summed E-state index contributed by atoms with van der Waals surface area (Å²) in [6.07, 6.45) is 5.33. The molecule has 1 fully saturated rings. The van der Waals surface area contributed by atoms with Crippen molar-refractivity contribution in [2.45, 2.75) is 39.2 Å². The highest BCUT2D eigenvalue weighted by molar-refractivity contribution is 5.56. The van der Waals surface area contributed by atoms with Crippen molar-refractivity contribution < 1.29 is 0 Å². The SMILES string of the molecule is CC1CCCN(Cc2ccc3c(c2)NCC3)CC1. The number of likely N-dealkylation sites (tertiary alicyclic amines) is 1. The number of hydrogen-bond donors (Lipinski definition) is 1. The second-order valence-corrected chi connectivity index (χ2v) is 5.98. The van der Waals surface area contributed by atoms with E-state index < -0.39 is 0 Å². The Labute approximate surface area is 110 Å². The highest BCUT2D eigenvalue weighted by atomic mass is 15.1. The van der Waals surface area contributed by atoms with Gasteiger partial charge in [0.25, 0.3) is 0 Å². The first kappa shape index (κ1) is 12.0. The number of hydrogen-bond acceptors (Lipinski definition) is 2. The molecule has 0 aromatic heterocycles. The van der Waals surface area contributed by atoms with Gasteiger partial charge in [-0.3, -0.25) is 4.90 Å². The van der Waals surface area contributed by atoms with Gasteiger partial charge in [-0.1, -0.05) is 19.1 Å². The number of fused-ring (bicyclic) bond motifs is 1. The molecular formula is C16H24N2. The third-order valence-corrected chi connectivity index (χ3v) is 4.40. The van der Waals surface area contributed by atoms with Gasteiger partial charge in [-0.2, -0.15) is 0 Å². The molecule has 2 heterocycles. The fourth-order valence-corrected chi connectivity index (χ4v) is 3.18. The van der Waals surface area contributed by atoms with Crippen LogP contribution < -0.4 is 5.32 Å². The molecule has 18 heavy (non-hydrogen) atoms. The summed E-state index contributed by atoms with van der Waals surface area (Å²) in [7, 11) is 0. The molecule has 0 spiro atoms. The van der Waals surface area contributed by atoms with Crippen molar-refractivity contribution in [1.29, 1.82) is 0 Å². The van der Waals surface area contributed by atoms with E-state index in [4.69, 9.17) is 0 Å². The molecule has 1 saturated heterocycles. The molecule has 0 aliphatic carbocycles. The van der Waals surface area contributed by atoms with Gasteiger partial charge in [0.05, 0.1) is 0 Å². The van der Waals surface area contributed by atoms with E-state index in [-0.39, 0.29) is 0 Å². The quantitative estimate of drug-likeness (QED) is 0.859. The number of rotatable bonds is 2. The van der Waals surface area contributed by atoms with Crippen LogP contribution in [0.5, 0.6) is 0 Å². The Morgan fingerprint density at radius 2 is 2.22 bits per heavy atom. The van der Waals surface area contributed by atoms with E-state index in [0.717, 1.165) is 19.0 Å². The molecule has 0 bridgehead atoms. The van der Waals surface area contributed by atoms with Crippen molar-refractivity contribution in [2.24, 2.45) is 5.92 Å². The minimum absolute atomic E-state index is 0.914. The number of nitrogens with one attached hydrogen (secondary N) is 1. The fourth-order valence-electron chi connectivity index (χ4n) is 3.18. The zero-order chi connectivity index (χ0) is 12.4. The van der Waals surface area contributed by atoms with Crippen LogP contribution in [0.4, 0.5) is 5.69 Å². The summed E-state index contributed by atoms with van der Waals surface area (Å²) in [5.74, 6) is 0.914. The summed E-state index contributed by atoms with van der Waals surface area (Å²) in [6.45, 7) is 7.17. The predicted octanol–water partition coefficient (Wildman–Crippen LogP) is 3.28. The Hall–Kier alpha value is -1.02. The third-order valence-electron chi connectivity index (χ3n) is 4.40. The molecule has 0 amide bonds. The Morgan fingerprint density at radius 3 is 3.17 bits per heavy atom. The van der Waals surface area contributed by atoms with Crippen LogP contribution in [-0.4, -0.2) is 24.5 Å². The van der Waals surface area contributed by atoms with Gasteiger partial charge in [-0.15, -0.1) is 0 Å². The van der Waals surface area contributed by atoms with Gasteiger partial charge in [-0.25, -0.2) is 0 Å². The molecule has 2 heteroatoms. The molecule has 3 rings (SSSR count). The fraction of sp³-hybridized carbons (Fsp3) is 0.625. The minimum atomic E-state index is 0.914. The molecular weight excluding hydrogens is 220 g/mol. The largest absolute Gasteiger partial charge is 0.384 e. The molecule has 1 aromatic rings. The summed E-state index contributed by atoms with van der Waals surface area (Å²) in [5, 5.41) is 3.48. The van der Waals surface area contributed by atoms with E-state index in [1.54, 1.807) is 0 Å². The second kappa shape index (κ2) is 5.31. The zero-order valence-corrected chi connectivity index (χ0v) is 11.4. The van der Waals surface area contributed by atoms with Gasteiger partial charge in [0, 0.05) is 18.8 Å². The minimum Gasteiger partial charge on any atom is -0.384 e. The van der Waals surface area contributed by atoms with E-state index >= 15 is 0 Å². The molecule has 98 valence electrons. The standard InChI is InChI=1S/C16H24N2/c1-13-3-2-9-18(10-7-13)12-14-4-5-15-6-8-17-16(15)11-14/h4-5,11,13,17H,2-3,6-10,12H2,1H3. The van der Waals surface area contributed by atoms with Crippen LogP contribution in [0, 0.1) is 5.92 Å². The molecule has 1 unspecified atom stereocenters. The zero-order valence-electron chi connectivity index (χ0n) is 11.4. The van der Waals surface area contributed by atoms with Crippen molar-refractivity contribution in [3.63, 3.8) is 0 Å². The molecule has 2 nitrogen and oxygen atoms in total. The van der Waals surface area contributed by atoms with Gasteiger partial charge in [0.2, 0.25) is 0 Å². The van der Waals surface area contributed by atoms with Crippen molar-refractivity contribution in [3.8, 4) is 0 Å². The molecule has 1 aromatic carbocycles. The molecule has 0 radical (unpaired) electrons. The highest BCUT2D eigenvalue weighted by Gasteiger charge is 2.15. The van der Waals surface area contributed by atoms with Crippen LogP contribution >= 0.6 is 0 Å². The predicted molar refractivity (Wildman–Crippen MR) is 76.9 cm³/mol. The van der Waals surface area contributed by atoms with E-state index in [1.165, 1.54) is 55.6 Å². The monoisotopic (exact) mass is 244 g/mol. The van der Waals surface area contributed by atoms with E-state index in [9.17, 15) is 0 Å². The molecule has 2 aliphatic heterocycles. The second-order valence-electron chi connectivity index (χ2n) is 5.98. The first-order chi connectivity index (χ1) is 8.81. The summed E-state index contributed by atoms with van der Waals surface area (Å²) in [6, 6.07) is 6.99. The molecule has 1 N–H and O–H groups in total. The summed E-state index contributed by atoms with van der Waals surface area (Å²) >= 11 is 0. The number of anilines is 1. The molecule has 1 atom stereocenters. The highest BCUT2D eigenvalue weighted by Crippen LogP contribution is 2.25. The summed E-state index contributed by atoms with van der Waals surface area (Å²) < 4.78 is 0. The Kier molecular flexibility index (Phi) is 3.55. The smallest absolute Gasteiger partial charge is 0.0376 e. The summed E-state index contributed by atoms with van der Waals surface area (Å²) in [4.78, 5) is 2.63. The van der Waals surface area contributed by atoms with Crippen LogP contribution in [0.25, 0.3) is 0 Å². The lowest BCUT2D eigenvalue weighted by atomic mass is 10.0. The van der Waals surface area contributed by atoms with Crippen molar-refractivity contribution >= 4 is 5.69 Å². The number of benzene rings is 1. The molecule has 0 saturated carbocycles. The van der Waals surface area contributed by atoms with Crippen LogP contribution in [0.2, 0.25) is 0 Å². The van der Waals surface area contributed by atoms with Crippen LogP contribution in [-0.2, 0) is 13.0 Å². The lowest BCUT2D eigenvalue weighted by Gasteiger charge is -2.20. The maximum atomic E-state index is 3.48. The van der Waals surface area contributed by atoms with Gasteiger partial charge >= 0.3 is 0 Å². The Morgan fingerprint density at radius 1 is 1.28 bits per heavy atom. The lowest BCUT2D eigenvalue weighted by molar-refractivity contribution is 0.273. The van der Waals surface area contributed by atoms with Gasteiger partial charge in [-0.05, 0) is 61.9 Å². The van der Waals surface area contributed by atoms with Crippen molar-refractivity contribution in [3.05, 3.63) is 29.3 Å². The maximum absolute atomic E-state index is 3.48. The van der Waals surface area contributed by atoms with Crippen LogP contribution in [0.3, 0.4) is 0 Å². The van der Waals surface area contributed by atoms with Crippen LogP contribution in [0.1, 0.15) is 37.3 Å². The number of nitrogens with zero attached hydrogens (tertiary/aromatic N) is 1. The van der Waals surface area contributed by atoms with Crippen LogP contribution in [0.15, 0.2) is 18.2 Å². The van der Waals surface area contributed by atoms with Crippen molar-refractivity contribution in [2.75, 3.05) is 25.0 Å². The third kappa shape index (κ3) is 2.69. The average molecular weight is 244 g/mol. The van der Waals surface area contributed by atoms with Gasteiger partial charge in [0.1, 0.15) is 0 Å². The normalized spacial score (nSPS) is 24.4. The van der Waals surface area contributed by atoms with E-state index in [1.807, 2.05) is 0 Å². The van der Waals surface area contributed by atoms with E-state index in [2.05, 4.69) is 35.3 Å². The Balaban J connectivity index is 1.65.